The Balaban J connectivity index is 1.74. The van der Waals surface area contributed by atoms with Crippen LogP contribution in [0.25, 0.3) is 10.8 Å². The molecule has 2 aromatic carbocycles. The monoisotopic (exact) mass is 447 g/mol. The van der Waals surface area contributed by atoms with Crippen LogP contribution in [0, 0.1) is 0 Å². The van der Waals surface area contributed by atoms with Gasteiger partial charge in [-0.15, -0.1) is 0 Å². The van der Waals surface area contributed by atoms with Crippen LogP contribution in [0.3, 0.4) is 0 Å². The highest BCUT2D eigenvalue weighted by Gasteiger charge is 2.29. The van der Waals surface area contributed by atoms with Gasteiger partial charge in [-0.2, -0.15) is 5.10 Å². The number of benzene rings is 2. The van der Waals surface area contributed by atoms with E-state index in [9.17, 15) is 19.1 Å². The molecule has 0 amide bonds. The van der Waals surface area contributed by atoms with Gasteiger partial charge in [0.05, 0.1) is 17.1 Å². The van der Waals surface area contributed by atoms with Crippen LogP contribution in [0.5, 0.6) is 0 Å². The Morgan fingerprint density at radius 3 is 2.57 bits per heavy atom. The van der Waals surface area contributed by atoms with Gasteiger partial charge in [-0.3, -0.25) is 4.79 Å². The number of aromatic nitrogens is 2. The Morgan fingerprint density at radius 2 is 1.83 bits per heavy atom. The molecule has 2 heterocycles. The molecular weight excluding hydrogens is 425 g/mol. The highest BCUT2D eigenvalue weighted by atomic mass is 35.5. The van der Waals surface area contributed by atoms with Crippen molar-refractivity contribution in [3.8, 4) is 0 Å². The fourth-order valence-electron chi connectivity index (χ4n) is 4.06. The van der Waals surface area contributed by atoms with E-state index in [2.05, 4.69) is 0 Å². The number of rotatable bonds is 4. The summed E-state index contributed by atoms with van der Waals surface area (Å²) in [5.41, 5.74) is 1.61. The van der Waals surface area contributed by atoms with E-state index in [1.54, 1.807) is 6.07 Å². The molecule has 0 aliphatic carbocycles. The molecule has 1 unspecified atom stereocenters. The van der Waals surface area contributed by atoms with Crippen molar-refractivity contribution >= 4 is 30.1 Å². The summed E-state index contributed by atoms with van der Waals surface area (Å²) in [5, 5.41) is 6.78. The van der Waals surface area contributed by atoms with Crippen molar-refractivity contribution < 1.29 is 14.4 Å². The molecule has 1 aromatic heterocycles. The summed E-state index contributed by atoms with van der Waals surface area (Å²) in [6.07, 6.45) is 2.20. The quantitative estimate of drug-likeness (QED) is 0.591. The molecule has 1 aliphatic rings. The SMILES string of the molecule is O=c1c2ccccc2c(Cc2cccc(Cl)c2)nn1C1CCCN(P(=O)(O)O)CC1. The van der Waals surface area contributed by atoms with Gasteiger partial charge in [-0.05, 0) is 43.0 Å². The summed E-state index contributed by atoms with van der Waals surface area (Å²) in [5.74, 6) is 0. The van der Waals surface area contributed by atoms with Crippen LogP contribution < -0.4 is 5.56 Å². The number of nitrogens with zero attached hydrogens (tertiary/aromatic N) is 3. The van der Waals surface area contributed by atoms with E-state index < -0.39 is 7.75 Å². The molecule has 158 valence electrons. The topological polar surface area (TPSA) is 95.7 Å². The number of halogens is 1. The molecule has 30 heavy (non-hydrogen) atoms. The molecule has 3 aromatic rings. The molecular formula is C21H23ClN3O4P. The minimum Gasteiger partial charge on any atom is -0.312 e. The van der Waals surface area contributed by atoms with Crippen LogP contribution in [-0.2, 0) is 11.0 Å². The van der Waals surface area contributed by atoms with Gasteiger partial charge in [0.2, 0.25) is 0 Å². The largest absolute Gasteiger partial charge is 0.402 e. The Kier molecular flexibility index (Phi) is 6.09. The van der Waals surface area contributed by atoms with E-state index in [0.29, 0.717) is 42.6 Å². The van der Waals surface area contributed by atoms with Gasteiger partial charge in [0.1, 0.15) is 0 Å². The second-order valence-corrected chi connectivity index (χ2v) is 9.63. The van der Waals surface area contributed by atoms with Crippen molar-refractivity contribution in [3.05, 3.63) is 75.2 Å². The van der Waals surface area contributed by atoms with Gasteiger partial charge in [0, 0.05) is 29.9 Å². The van der Waals surface area contributed by atoms with Gasteiger partial charge < -0.3 is 9.79 Å². The van der Waals surface area contributed by atoms with Crippen LogP contribution >= 0.6 is 19.3 Å². The van der Waals surface area contributed by atoms with Crippen molar-refractivity contribution in [1.29, 1.82) is 0 Å². The minimum absolute atomic E-state index is 0.171. The van der Waals surface area contributed by atoms with Gasteiger partial charge in [0.15, 0.2) is 0 Å². The second kappa shape index (κ2) is 8.61. The normalized spacial score (nSPS) is 18.4. The summed E-state index contributed by atoms with van der Waals surface area (Å²) in [7, 11) is -4.29. The maximum Gasteiger partial charge on any atom is 0.402 e. The van der Waals surface area contributed by atoms with Crippen molar-refractivity contribution in [2.45, 2.75) is 31.7 Å². The van der Waals surface area contributed by atoms with E-state index in [0.717, 1.165) is 16.6 Å². The first-order valence-electron chi connectivity index (χ1n) is 9.89. The second-order valence-electron chi connectivity index (χ2n) is 7.60. The first-order valence-corrected chi connectivity index (χ1v) is 11.8. The lowest BCUT2D eigenvalue weighted by atomic mass is 10.0. The first kappa shape index (κ1) is 21.2. The number of hydrogen-bond acceptors (Lipinski definition) is 3. The molecule has 1 atom stereocenters. The third kappa shape index (κ3) is 4.51. The van der Waals surface area contributed by atoms with Gasteiger partial charge >= 0.3 is 7.75 Å². The van der Waals surface area contributed by atoms with Crippen molar-refractivity contribution in [3.63, 3.8) is 0 Å². The molecule has 9 heteroatoms. The predicted molar refractivity (Wildman–Crippen MR) is 117 cm³/mol. The first-order chi connectivity index (χ1) is 14.3. The van der Waals surface area contributed by atoms with Crippen LogP contribution in [0.2, 0.25) is 5.02 Å². The average molecular weight is 448 g/mol. The minimum atomic E-state index is -4.29. The Hall–Kier alpha value is -2.02. The lowest BCUT2D eigenvalue weighted by Gasteiger charge is -2.21. The van der Waals surface area contributed by atoms with Gasteiger partial charge in [-0.25, -0.2) is 13.9 Å². The van der Waals surface area contributed by atoms with E-state index in [1.807, 2.05) is 42.5 Å². The van der Waals surface area contributed by atoms with Crippen molar-refractivity contribution in [1.82, 2.24) is 14.5 Å². The molecule has 2 N–H and O–H groups in total. The van der Waals surface area contributed by atoms with Gasteiger partial charge in [0.25, 0.3) is 5.56 Å². The van der Waals surface area contributed by atoms with E-state index >= 15 is 0 Å². The summed E-state index contributed by atoms with van der Waals surface area (Å²) >= 11 is 6.13. The Bertz CT molecular complexity index is 1180. The van der Waals surface area contributed by atoms with Crippen LogP contribution in [0.4, 0.5) is 0 Å². The lowest BCUT2D eigenvalue weighted by Crippen LogP contribution is -2.29. The molecule has 1 fully saturated rings. The Labute approximate surface area is 179 Å². The zero-order valence-electron chi connectivity index (χ0n) is 16.3. The fraction of sp³-hybridized carbons (Fsp3) is 0.333. The predicted octanol–water partition coefficient (Wildman–Crippen LogP) is 3.76. The average Bonchev–Trinajstić information content (AvgIpc) is 2.96. The highest BCUT2D eigenvalue weighted by molar-refractivity contribution is 7.49. The van der Waals surface area contributed by atoms with E-state index in [1.165, 1.54) is 9.35 Å². The number of hydrogen-bond donors (Lipinski definition) is 2. The zero-order valence-corrected chi connectivity index (χ0v) is 18.0. The summed E-state index contributed by atoms with van der Waals surface area (Å²) in [6.45, 7) is 0.526. The van der Waals surface area contributed by atoms with E-state index in [-0.39, 0.29) is 18.1 Å². The smallest absolute Gasteiger partial charge is 0.312 e. The third-order valence-electron chi connectivity index (χ3n) is 5.55. The molecule has 1 aliphatic heterocycles. The Morgan fingerprint density at radius 1 is 1.07 bits per heavy atom. The molecule has 0 saturated carbocycles. The molecule has 0 bridgehead atoms. The summed E-state index contributed by atoms with van der Waals surface area (Å²) < 4.78 is 14.3. The van der Waals surface area contributed by atoms with Crippen LogP contribution in [0.1, 0.15) is 36.6 Å². The van der Waals surface area contributed by atoms with Crippen LogP contribution in [-0.4, -0.2) is 37.3 Å². The molecule has 1 saturated heterocycles. The molecule has 7 nitrogen and oxygen atoms in total. The maximum atomic E-state index is 13.2. The lowest BCUT2D eigenvalue weighted by molar-refractivity contribution is 0.270. The molecule has 0 spiro atoms. The highest BCUT2D eigenvalue weighted by Crippen LogP contribution is 2.42. The van der Waals surface area contributed by atoms with Gasteiger partial charge in [-0.1, -0.05) is 41.9 Å². The molecule has 4 rings (SSSR count). The number of fused-ring (bicyclic) bond motifs is 1. The zero-order chi connectivity index (χ0) is 21.3. The fourth-order valence-corrected chi connectivity index (χ4v) is 5.05. The van der Waals surface area contributed by atoms with E-state index in [4.69, 9.17) is 16.7 Å². The molecule has 0 radical (unpaired) electrons. The van der Waals surface area contributed by atoms with Crippen LogP contribution in [0.15, 0.2) is 53.3 Å². The standard InChI is InChI=1S/C21H23ClN3O4P/c22-16-6-3-5-15(13-16)14-20-18-8-1-2-9-19(18)21(26)25(23-20)17-7-4-11-24(12-10-17)30(27,28)29/h1-3,5-6,8-9,13,17H,4,7,10-12,14H2,(H2,27,28,29). The third-order valence-corrected chi connectivity index (χ3v) is 6.93. The summed E-state index contributed by atoms with van der Waals surface area (Å²) in [4.78, 5) is 32.2. The van der Waals surface area contributed by atoms with Crippen molar-refractivity contribution in [2.24, 2.45) is 0 Å². The summed E-state index contributed by atoms with van der Waals surface area (Å²) in [6, 6.07) is 14.8. The van der Waals surface area contributed by atoms with Crippen molar-refractivity contribution in [2.75, 3.05) is 13.1 Å². The maximum absolute atomic E-state index is 13.2.